The molecule has 9 nitrogen and oxygen atoms in total. The van der Waals surface area contributed by atoms with Gasteiger partial charge in [0, 0.05) is 44.5 Å². The van der Waals surface area contributed by atoms with Crippen molar-refractivity contribution in [1.29, 1.82) is 0 Å². The van der Waals surface area contributed by atoms with Crippen LogP contribution < -0.4 is 16.0 Å². The molecule has 1 fully saturated rings. The van der Waals surface area contributed by atoms with Gasteiger partial charge in [0.25, 0.3) is 0 Å². The van der Waals surface area contributed by atoms with E-state index < -0.39 is 6.04 Å². The third-order valence-corrected chi connectivity index (χ3v) is 4.49. The zero-order valence-corrected chi connectivity index (χ0v) is 15.5. The van der Waals surface area contributed by atoms with Crippen molar-refractivity contribution in [3.8, 4) is 0 Å². The molecule has 27 heavy (non-hydrogen) atoms. The number of carbonyl (C=O) groups is 3. The van der Waals surface area contributed by atoms with Gasteiger partial charge in [0.2, 0.25) is 23.7 Å². The Hall–Kier alpha value is -2.94. The van der Waals surface area contributed by atoms with Gasteiger partial charge in [0.15, 0.2) is 0 Å². The van der Waals surface area contributed by atoms with E-state index in [9.17, 15) is 14.4 Å². The number of carbonyl (C=O) groups excluding carboxylic acids is 3. The van der Waals surface area contributed by atoms with Gasteiger partial charge < -0.3 is 20.4 Å². The fraction of sp³-hybridized carbons (Fsp3) is 0.444. The van der Waals surface area contributed by atoms with Crippen LogP contribution in [-0.2, 0) is 14.4 Å². The molecule has 1 aromatic rings. The molecule has 2 heterocycles. The SMILES string of the molecule is CC(=O)Nc1ccc(NC(=O)[C@H]2CC(=O)NC(N3CCN(C)CC3)=N2)cc1. The molecule has 3 rings (SSSR count). The molecule has 0 radical (unpaired) electrons. The molecule has 1 saturated heterocycles. The molecule has 0 spiro atoms. The van der Waals surface area contributed by atoms with Crippen LogP contribution >= 0.6 is 0 Å². The summed E-state index contributed by atoms with van der Waals surface area (Å²) in [6.07, 6.45) is 0.0209. The minimum atomic E-state index is -0.761. The summed E-state index contributed by atoms with van der Waals surface area (Å²) in [4.78, 5) is 44.3. The standard InChI is InChI=1S/C18H24N6O3/c1-12(25)19-13-3-5-14(6-4-13)20-17(27)15-11-16(26)22-18(21-15)24-9-7-23(2)8-10-24/h3-6,15H,7-11H2,1-2H3,(H,19,25)(H,20,27)(H,21,22,26)/t15-/m1/s1. The van der Waals surface area contributed by atoms with Gasteiger partial charge >= 0.3 is 0 Å². The van der Waals surface area contributed by atoms with E-state index in [0.29, 0.717) is 17.3 Å². The lowest BCUT2D eigenvalue weighted by molar-refractivity contribution is -0.125. The maximum Gasteiger partial charge on any atom is 0.249 e. The van der Waals surface area contributed by atoms with Crippen LogP contribution in [0.2, 0.25) is 0 Å². The molecule has 3 amide bonds. The molecule has 0 saturated carbocycles. The number of hydrogen-bond donors (Lipinski definition) is 3. The predicted molar refractivity (Wildman–Crippen MR) is 102 cm³/mol. The molecule has 144 valence electrons. The zero-order valence-electron chi connectivity index (χ0n) is 15.5. The molecule has 1 aromatic carbocycles. The molecule has 1 atom stereocenters. The van der Waals surface area contributed by atoms with Crippen LogP contribution in [-0.4, -0.2) is 72.7 Å². The fourth-order valence-electron chi connectivity index (χ4n) is 2.97. The van der Waals surface area contributed by atoms with Crippen molar-refractivity contribution in [2.45, 2.75) is 19.4 Å². The monoisotopic (exact) mass is 372 g/mol. The Kier molecular flexibility index (Phi) is 5.70. The van der Waals surface area contributed by atoms with E-state index >= 15 is 0 Å². The average Bonchev–Trinajstić information content (AvgIpc) is 2.63. The number of nitrogens with zero attached hydrogens (tertiary/aromatic N) is 3. The van der Waals surface area contributed by atoms with E-state index in [2.05, 4.69) is 25.8 Å². The van der Waals surface area contributed by atoms with E-state index in [1.807, 2.05) is 11.9 Å². The molecular weight excluding hydrogens is 348 g/mol. The van der Waals surface area contributed by atoms with Crippen molar-refractivity contribution < 1.29 is 14.4 Å². The summed E-state index contributed by atoms with van der Waals surface area (Å²) in [5, 5.41) is 8.22. The minimum Gasteiger partial charge on any atom is -0.340 e. The Morgan fingerprint density at radius 3 is 2.26 bits per heavy atom. The first-order valence-corrected chi connectivity index (χ1v) is 8.90. The molecule has 3 N–H and O–H groups in total. The normalized spacial score (nSPS) is 20.5. The van der Waals surface area contributed by atoms with Gasteiger partial charge in [-0.3, -0.25) is 19.7 Å². The number of rotatable bonds is 3. The van der Waals surface area contributed by atoms with Gasteiger partial charge in [-0.15, -0.1) is 0 Å². The van der Waals surface area contributed by atoms with Gasteiger partial charge in [-0.1, -0.05) is 0 Å². The summed E-state index contributed by atoms with van der Waals surface area (Å²) in [6.45, 7) is 4.71. The number of amides is 3. The van der Waals surface area contributed by atoms with Crippen LogP contribution in [0.1, 0.15) is 13.3 Å². The van der Waals surface area contributed by atoms with Gasteiger partial charge in [-0.2, -0.15) is 0 Å². The minimum absolute atomic E-state index is 0.0209. The molecule has 0 bridgehead atoms. The summed E-state index contributed by atoms with van der Waals surface area (Å²) in [5.74, 6) is -0.227. The van der Waals surface area contributed by atoms with Crippen LogP contribution in [0.3, 0.4) is 0 Å². The van der Waals surface area contributed by atoms with E-state index in [-0.39, 0.29) is 24.1 Å². The van der Waals surface area contributed by atoms with E-state index in [1.165, 1.54) is 6.92 Å². The number of benzene rings is 1. The average molecular weight is 372 g/mol. The van der Waals surface area contributed by atoms with Gasteiger partial charge in [-0.25, -0.2) is 4.99 Å². The van der Waals surface area contributed by atoms with E-state index in [4.69, 9.17) is 0 Å². The molecular formula is C18H24N6O3. The van der Waals surface area contributed by atoms with Crippen molar-refractivity contribution in [2.75, 3.05) is 43.9 Å². The van der Waals surface area contributed by atoms with Crippen LogP contribution in [0.5, 0.6) is 0 Å². The Labute approximate surface area is 157 Å². The third kappa shape index (κ3) is 5.04. The molecule has 9 heteroatoms. The lowest BCUT2D eigenvalue weighted by atomic mass is 10.1. The molecule has 0 aromatic heterocycles. The van der Waals surface area contributed by atoms with Crippen molar-refractivity contribution >= 4 is 35.1 Å². The first-order valence-electron chi connectivity index (χ1n) is 8.90. The molecule has 0 aliphatic carbocycles. The zero-order chi connectivity index (χ0) is 19.4. The van der Waals surface area contributed by atoms with Crippen LogP contribution in [0.25, 0.3) is 0 Å². The Bertz CT molecular complexity index is 753. The van der Waals surface area contributed by atoms with Gasteiger partial charge in [0.05, 0.1) is 6.42 Å². The van der Waals surface area contributed by atoms with Crippen LogP contribution in [0.4, 0.5) is 11.4 Å². The first-order chi connectivity index (χ1) is 12.9. The highest BCUT2D eigenvalue weighted by Crippen LogP contribution is 2.16. The smallest absolute Gasteiger partial charge is 0.249 e. The quantitative estimate of drug-likeness (QED) is 0.697. The maximum atomic E-state index is 12.6. The highest BCUT2D eigenvalue weighted by molar-refractivity contribution is 6.06. The molecule has 0 unspecified atom stereocenters. The first kappa shape index (κ1) is 18.8. The maximum absolute atomic E-state index is 12.6. The highest BCUT2D eigenvalue weighted by atomic mass is 16.2. The van der Waals surface area contributed by atoms with Crippen LogP contribution in [0, 0.1) is 0 Å². The fourth-order valence-corrected chi connectivity index (χ4v) is 2.97. The van der Waals surface area contributed by atoms with Crippen molar-refractivity contribution in [1.82, 2.24) is 15.1 Å². The van der Waals surface area contributed by atoms with Crippen LogP contribution in [0.15, 0.2) is 29.3 Å². The summed E-state index contributed by atoms with van der Waals surface area (Å²) < 4.78 is 0. The lowest BCUT2D eigenvalue weighted by Gasteiger charge is -2.36. The molecule has 2 aliphatic rings. The number of guanidine groups is 1. The number of anilines is 2. The number of hydrogen-bond acceptors (Lipinski definition) is 6. The van der Waals surface area contributed by atoms with E-state index in [1.54, 1.807) is 24.3 Å². The number of nitrogens with one attached hydrogen (secondary N) is 3. The summed E-state index contributed by atoms with van der Waals surface area (Å²) in [7, 11) is 2.05. The largest absolute Gasteiger partial charge is 0.340 e. The Morgan fingerprint density at radius 1 is 1.07 bits per heavy atom. The second-order valence-electron chi connectivity index (χ2n) is 6.76. The van der Waals surface area contributed by atoms with E-state index in [0.717, 1.165) is 26.2 Å². The Balaban J connectivity index is 1.65. The second-order valence-corrected chi connectivity index (χ2v) is 6.76. The summed E-state index contributed by atoms with van der Waals surface area (Å²) in [6, 6.07) is 6.02. The topological polar surface area (TPSA) is 106 Å². The second kappa shape index (κ2) is 8.17. The van der Waals surface area contributed by atoms with Crippen molar-refractivity contribution in [3.63, 3.8) is 0 Å². The lowest BCUT2D eigenvalue weighted by Crippen LogP contribution is -2.55. The summed E-state index contributed by atoms with van der Waals surface area (Å²) in [5.41, 5.74) is 1.23. The third-order valence-electron chi connectivity index (χ3n) is 4.49. The highest BCUT2D eigenvalue weighted by Gasteiger charge is 2.30. The number of aliphatic imine (C=N–C) groups is 1. The number of likely N-dealkylation sites (N-methyl/N-ethyl adjacent to an activating group) is 1. The van der Waals surface area contributed by atoms with Gasteiger partial charge in [-0.05, 0) is 31.3 Å². The van der Waals surface area contributed by atoms with Crippen molar-refractivity contribution in [3.05, 3.63) is 24.3 Å². The van der Waals surface area contributed by atoms with Crippen molar-refractivity contribution in [2.24, 2.45) is 4.99 Å². The number of piperazine rings is 1. The van der Waals surface area contributed by atoms with Gasteiger partial charge in [0.1, 0.15) is 6.04 Å². The molecule has 2 aliphatic heterocycles. The Morgan fingerprint density at radius 2 is 1.67 bits per heavy atom. The predicted octanol–water partition coefficient (Wildman–Crippen LogP) is 0.0754. The summed E-state index contributed by atoms with van der Waals surface area (Å²) >= 11 is 0.